The van der Waals surface area contributed by atoms with Crippen LogP contribution in [0.5, 0.6) is 0 Å². The Morgan fingerprint density at radius 2 is 1.92 bits per heavy atom. The van der Waals surface area contributed by atoms with Crippen LogP contribution in [0.2, 0.25) is 0 Å². The van der Waals surface area contributed by atoms with Crippen LogP contribution in [0.25, 0.3) is 0 Å². The minimum absolute atomic E-state index is 0.0955. The Bertz CT molecular complexity index is 731. The Kier molecular flexibility index (Phi) is 4.50. The number of hydrogen-bond donors (Lipinski definition) is 1. The molecule has 3 atom stereocenters. The lowest BCUT2D eigenvalue weighted by atomic mass is 10.0. The number of carbonyl (C=O) groups is 2. The lowest BCUT2D eigenvalue weighted by molar-refractivity contribution is -0.182. The van der Waals surface area contributed by atoms with E-state index in [1.807, 2.05) is 0 Å². The van der Waals surface area contributed by atoms with Crippen LogP contribution in [0.15, 0.2) is 24.3 Å². The number of alkyl halides is 3. The molecule has 0 aromatic heterocycles. The van der Waals surface area contributed by atoms with Crippen molar-refractivity contribution in [1.29, 1.82) is 0 Å². The Morgan fingerprint density at radius 1 is 1.27 bits per heavy atom. The zero-order valence-corrected chi connectivity index (χ0v) is 14.4. The smallest absolute Gasteiger partial charge is 0.416 e. The maximum absolute atomic E-state index is 13.2. The van der Waals surface area contributed by atoms with Gasteiger partial charge >= 0.3 is 12.1 Å². The summed E-state index contributed by atoms with van der Waals surface area (Å²) in [5.74, 6) is -2.52. The van der Waals surface area contributed by atoms with E-state index < -0.39 is 41.2 Å². The molecule has 1 aliphatic carbocycles. The molecule has 0 spiro atoms. The second kappa shape index (κ2) is 6.26. The van der Waals surface area contributed by atoms with Crippen molar-refractivity contribution in [2.75, 3.05) is 13.1 Å². The van der Waals surface area contributed by atoms with E-state index >= 15 is 0 Å². The fraction of sp³-hybridized carbons (Fsp3) is 0.556. The first-order chi connectivity index (χ1) is 12.0. The molecule has 1 saturated carbocycles. The second-order valence-corrected chi connectivity index (χ2v) is 7.46. The minimum Gasteiger partial charge on any atom is -0.479 e. The van der Waals surface area contributed by atoms with E-state index in [1.165, 1.54) is 23.1 Å². The molecule has 3 rings (SSSR count). The summed E-state index contributed by atoms with van der Waals surface area (Å²) in [5.41, 5.74) is -1.42. The molecule has 142 valence electrons. The average Bonchev–Trinajstić information content (AvgIpc) is 3.32. The highest BCUT2D eigenvalue weighted by Crippen LogP contribution is 2.52. The summed E-state index contributed by atoms with van der Waals surface area (Å²) in [7, 11) is 0. The molecule has 2 aliphatic rings. The van der Waals surface area contributed by atoms with Crippen LogP contribution in [0, 0.1) is 5.92 Å². The van der Waals surface area contributed by atoms with Gasteiger partial charge in [0.05, 0.1) is 17.7 Å². The molecule has 1 heterocycles. The fourth-order valence-corrected chi connectivity index (χ4v) is 3.61. The van der Waals surface area contributed by atoms with Crippen LogP contribution >= 0.6 is 0 Å². The molecule has 8 heteroatoms. The highest BCUT2D eigenvalue weighted by Gasteiger charge is 2.51. The average molecular weight is 371 g/mol. The quantitative estimate of drug-likeness (QED) is 0.887. The number of halogens is 3. The predicted octanol–water partition coefficient (Wildman–Crippen LogP) is 2.90. The summed E-state index contributed by atoms with van der Waals surface area (Å²) in [4.78, 5) is 25.4. The van der Waals surface area contributed by atoms with Gasteiger partial charge in [-0.15, -0.1) is 0 Å². The molecule has 1 aromatic carbocycles. The van der Waals surface area contributed by atoms with Gasteiger partial charge in [-0.25, -0.2) is 4.79 Å². The lowest BCUT2D eigenvalue weighted by Gasteiger charge is -2.41. The van der Waals surface area contributed by atoms with Crippen molar-refractivity contribution in [3.63, 3.8) is 0 Å². The monoisotopic (exact) mass is 371 g/mol. The van der Waals surface area contributed by atoms with E-state index in [0.29, 0.717) is 6.42 Å². The molecule has 1 aromatic rings. The summed E-state index contributed by atoms with van der Waals surface area (Å²) in [6.07, 6.45) is -5.27. The van der Waals surface area contributed by atoms with Crippen molar-refractivity contribution < 1.29 is 32.6 Å². The third-order valence-corrected chi connectivity index (χ3v) is 4.78. The van der Waals surface area contributed by atoms with Crippen LogP contribution in [-0.2, 0) is 20.5 Å². The number of carboxylic acids is 1. The van der Waals surface area contributed by atoms with Crippen molar-refractivity contribution in [3.8, 4) is 0 Å². The van der Waals surface area contributed by atoms with Crippen molar-refractivity contribution >= 4 is 11.9 Å². The normalized spacial score (nSPS) is 27.9. The zero-order chi connectivity index (χ0) is 19.3. The van der Waals surface area contributed by atoms with Gasteiger partial charge in [-0.1, -0.05) is 18.2 Å². The largest absolute Gasteiger partial charge is 0.479 e. The maximum Gasteiger partial charge on any atom is 0.416 e. The number of morpholine rings is 1. The molecular weight excluding hydrogens is 351 g/mol. The number of nitrogens with zero attached hydrogens (tertiary/aromatic N) is 1. The molecule has 1 saturated heterocycles. The maximum atomic E-state index is 13.2. The Labute approximate surface area is 148 Å². The second-order valence-electron chi connectivity index (χ2n) is 7.46. The van der Waals surface area contributed by atoms with Crippen LogP contribution in [0.4, 0.5) is 13.2 Å². The van der Waals surface area contributed by atoms with Crippen LogP contribution in [0.3, 0.4) is 0 Å². The number of hydrogen-bond acceptors (Lipinski definition) is 3. The van der Waals surface area contributed by atoms with E-state index in [1.54, 1.807) is 13.8 Å². The van der Waals surface area contributed by atoms with Gasteiger partial charge in [0.15, 0.2) is 6.10 Å². The summed E-state index contributed by atoms with van der Waals surface area (Å²) in [6, 6.07) is 5.29. The van der Waals surface area contributed by atoms with E-state index in [9.17, 15) is 27.9 Å². The van der Waals surface area contributed by atoms with Gasteiger partial charge in [-0.2, -0.15) is 13.2 Å². The van der Waals surface area contributed by atoms with Crippen molar-refractivity contribution in [3.05, 3.63) is 35.4 Å². The first kappa shape index (κ1) is 18.7. The minimum atomic E-state index is -4.47. The number of carbonyl (C=O) groups excluding carboxylic acids is 1. The van der Waals surface area contributed by atoms with Gasteiger partial charge in [-0.3, -0.25) is 4.79 Å². The van der Waals surface area contributed by atoms with Gasteiger partial charge in [-0.05, 0) is 37.8 Å². The first-order valence-corrected chi connectivity index (χ1v) is 8.35. The fourth-order valence-electron chi connectivity index (χ4n) is 3.61. The highest BCUT2D eigenvalue weighted by atomic mass is 19.4. The predicted molar refractivity (Wildman–Crippen MR) is 85.5 cm³/mol. The molecule has 0 bridgehead atoms. The molecule has 26 heavy (non-hydrogen) atoms. The van der Waals surface area contributed by atoms with E-state index in [0.717, 1.165) is 6.07 Å². The Hall–Kier alpha value is -2.09. The summed E-state index contributed by atoms with van der Waals surface area (Å²) >= 11 is 0. The standard InChI is InChI=1S/C18H20F3NO4/c1-17(2)9-22(8-14(26-17)16(24)25)15(23)12-7-11(12)10-5-3-4-6-13(10)18(19,20)21/h3-6,11-12,14H,7-9H2,1-2H3,(H,24,25)/t11-,12+,14?/m0/s1. The van der Waals surface area contributed by atoms with E-state index in [2.05, 4.69) is 0 Å². The lowest BCUT2D eigenvalue weighted by Crippen LogP contribution is -2.57. The van der Waals surface area contributed by atoms with Gasteiger partial charge in [0, 0.05) is 12.5 Å². The Balaban J connectivity index is 1.77. The van der Waals surface area contributed by atoms with E-state index in [4.69, 9.17) is 4.74 Å². The number of benzene rings is 1. The third kappa shape index (κ3) is 3.70. The van der Waals surface area contributed by atoms with Gasteiger partial charge < -0.3 is 14.7 Å². The Morgan fingerprint density at radius 3 is 2.54 bits per heavy atom. The van der Waals surface area contributed by atoms with Crippen molar-refractivity contribution in [2.24, 2.45) is 5.92 Å². The number of ether oxygens (including phenoxy) is 1. The summed E-state index contributed by atoms with van der Waals surface area (Å²) in [6.45, 7) is 3.49. The topological polar surface area (TPSA) is 66.8 Å². The molecule has 1 N–H and O–H groups in total. The van der Waals surface area contributed by atoms with Gasteiger partial charge in [0.2, 0.25) is 5.91 Å². The molecule has 1 aliphatic heterocycles. The third-order valence-electron chi connectivity index (χ3n) is 4.78. The van der Waals surface area contributed by atoms with Crippen molar-refractivity contribution in [1.82, 2.24) is 4.90 Å². The van der Waals surface area contributed by atoms with Crippen molar-refractivity contribution in [2.45, 2.75) is 44.1 Å². The molecule has 0 radical (unpaired) electrons. The number of amides is 1. The highest BCUT2D eigenvalue weighted by molar-refractivity contribution is 5.84. The molecule has 2 fully saturated rings. The van der Waals surface area contributed by atoms with Crippen LogP contribution < -0.4 is 0 Å². The SMILES string of the molecule is CC1(C)CN(C(=O)[C@@H]2C[C@H]2c2ccccc2C(F)(F)F)CC(C(=O)O)O1. The number of rotatable bonds is 3. The number of aliphatic carboxylic acids is 1. The molecule has 1 unspecified atom stereocenters. The summed E-state index contributed by atoms with van der Waals surface area (Å²) in [5, 5.41) is 9.19. The molecule has 5 nitrogen and oxygen atoms in total. The van der Waals surface area contributed by atoms with Gasteiger partial charge in [0.25, 0.3) is 0 Å². The van der Waals surface area contributed by atoms with Gasteiger partial charge in [0.1, 0.15) is 0 Å². The van der Waals surface area contributed by atoms with Crippen LogP contribution in [0.1, 0.15) is 37.3 Å². The molecular formula is C18H20F3NO4. The van der Waals surface area contributed by atoms with Crippen LogP contribution in [-0.4, -0.2) is 46.7 Å². The zero-order valence-electron chi connectivity index (χ0n) is 14.4. The molecule has 1 amide bonds. The first-order valence-electron chi connectivity index (χ1n) is 8.35. The van der Waals surface area contributed by atoms with E-state index in [-0.39, 0.29) is 24.6 Å². The summed E-state index contributed by atoms with van der Waals surface area (Å²) < 4.78 is 45.0. The number of carboxylic acid groups (broad SMARTS) is 1.